The Kier molecular flexibility index (Phi) is 7.01. The summed E-state index contributed by atoms with van der Waals surface area (Å²) in [5, 5.41) is 0. The molecule has 16 heavy (non-hydrogen) atoms. The van der Waals surface area contributed by atoms with E-state index in [0.717, 1.165) is 0 Å². The van der Waals surface area contributed by atoms with Crippen LogP contribution in [0.3, 0.4) is 0 Å². The molecular weight excluding hydrogens is 236 g/mol. The van der Waals surface area contributed by atoms with Gasteiger partial charge in [0.15, 0.2) is 0 Å². The van der Waals surface area contributed by atoms with E-state index in [0.29, 0.717) is 0 Å². The molecule has 0 saturated carbocycles. The van der Waals surface area contributed by atoms with Crippen molar-refractivity contribution in [1.82, 2.24) is 0 Å². The summed E-state index contributed by atoms with van der Waals surface area (Å²) in [6.07, 6.45) is 1.47. The summed E-state index contributed by atoms with van der Waals surface area (Å²) in [5.41, 5.74) is 1.41. The fourth-order valence-electron chi connectivity index (χ4n) is 1.21. The minimum atomic E-state index is 0.151. The quantitative estimate of drug-likeness (QED) is 0.390. The molecule has 0 aliphatic carbocycles. The first kappa shape index (κ1) is 13.9. The summed E-state index contributed by atoms with van der Waals surface area (Å²) in [7, 11) is 3.71. The van der Waals surface area contributed by atoms with Gasteiger partial charge in [0.1, 0.15) is 5.44 Å². The van der Waals surface area contributed by atoms with Gasteiger partial charge in [-0.2, -0.15) is 0 Å². The van der Waals surface area contributed by atoms with E-state index < -0.39 is 0 Å². The highest BCUT2D eigenvalue weighted by Gasteiger charge is 2.14. The van der Waals surface area contributed by atoms with Gasteiger partial charge in [-0.05, 0) is 25.8 Å². The second kappa shape index (κ2) is 8.04. The number of hydrogen-bond donors (Lipinski definition) is 0. The number of rotatable bonds is 7. The highest BCUT2D eigenvalue weighted by molar-refractivity contribution is 8.76. The molecule has 0 fully saturated rings. The third kappa shape index (κ3) is 5.28. The van der Waals surface area contributed by atoms with E-state index in [2.05, 4.69) is 45.0 Å². The Bertz CT molecular complexity index is 275. The van der Waals surface area contributed by atoms with Gasteiger partial charge < -0.3 is 4.74 Å². The van der Waals surface area contributed by atoms with Crippen LogP contribution in [0.2, 0.25) is 0 Å². The van der Waals surface area contributed by atoms with Crippen molar-refractivity contribution in [2.45, 2.75) is 38.7 Å². The number of ether oxygens (including phenoxy) is 1. The topological polar surface area (TPSA) is 9.23 Å². The van der Waals surface area contributed by atoms with Crippen LogP contribution in [0.1, 0.15) is 38.2 Å². The van der Waals surface area contributed by atoms with Gasteiger partial charge in [0.05, 0.1) is 6.10 Å². The van der Waals surface area contributed by atoms with Crippen LogP contribution in [-0.4, -0.2) is 11.9 Å². The maximum atomic E-state index is 5.93. The van der Waals surface area contributed by atoms with E-state index in [9.17, 15) is 0 Å². The van der Waals surface area contributed by atoms with Crippen molar-refractivity contribution in [3.8, 4) is 0 Å². The lowest BCUT2D eigenvalue weighted by Gasteiger charge is -2.19. The summed E-state index contributed by atoms with van der Waals surface area (Å²) in [5.74, 6) is 1.18. The molecule has 0 aliphatic heterocycles. The van der Waals surface area contributed by atoms with Crippen LogP contribution < -0.4 is 0 Å². The monoisotopic (exact) mass is 256 g/mol. The molecule has 3 heteroatoms. The van der Waals surface area contributed by atoms with Gasteiger partial charge in [-0.1, -0.05) is 58.8 Å². The molecule has 0 N–H and O–H groups in total. The summed E-state index contributed by atoms with van der Waals surface area (Å²) >= 11 is 0. The molecule has 0 heterocycles. The summed E-state index contributed by atoms with van der Waals surface area (Å²) in [6.45, 7) is 6.37. The lowest BCUT2D eigenvalue weighted by Crippen LogP contribution is -2.07. The van der Waals surface area contributed by atoms with Gasteiger partial charge in [0, 0.05) is 5.75 Å². The third-order valence-electron chi connectivity index (χ3n) is 1.91. The van der Waals surface area contributed by atoms with Gasteiger partial charge in [-0.25, -0.2) is 0 Å². The van der Waals surface area contributed by atoms with Gasteiger partial charge in [0.25, 0.3) is 0 Å². The average molecular weight is 256 g/mol. The van der Waals surface area contributed by atoms with Crippen molar-refractivity contribution in [1.29, 1.82) is 0 Å². The zero-order valence-corrected chi connectivity index (χ0v) is 11.8. The lowest BCUT2D eigenvalue weighted by atomic mass is 10.2. The van der Waals surface area contributed by atoms with Gasteiger partial charge in [0.2, 0.25) is 0 Å². The molecule has 0 saturated heterocycles. The molecule has 1 aromatic carbocycles. The SMILES string of the molecule is CCCSSC(OC(C)C)c1ccccc1. The molecule has 1 aromatic rings. The molecule has 0 aliphatic rings. The van der Waals surface area contributed by atoms with Crippen molar-refractivity contribution in [3.63, 3.8) is 0 Å². The minimum absolute atomic E-state index is 0.151. The van der Waals surface area contributed by atoms with Gasteiger partial charge in [-0.3, -0.25) is 0 Å². The maximum absolute atomic E-state index is 5.93. The molecule has 1 nitrogen and oxygen atoms in total. The van der Waals surface area contributed by atoms with E-state index in [-0.39, 0.29) is 11.5 Å². The Labute approximate surface area is 107 Å². The molecule has 0 spiro atoms. The molecule has 90 valence electrons. The fourth-order valence-corrected chi connectivity index (χ4v) is 3.76. The van der Waals surface area contributed by atoms with Crippen molar-refractivity contribution in [2.24, 2.45) is 0 Å². The Morgan fingerprint density at radius 2 is 1.88 bits per heavy atom. The van der Waals surface area contributed by atoms with Crippen LogP contribution in [0.4, 0.5) is 0 Å². The zero-order chi connectivity index (χ0) is 11.8. The number of benzene rings is 1. The molecule has 0 radical (unpaired) electrons. The Morgan fingerprint density at radius 3 is 2.44 bits per heavy atom. The van der Waals surface area contributed by atoms with E-state index in [1.807, 2.05) is 27.7 Å². The van der Waals surface area contributed by atoms with Crippen molar-refractivity contribution in [3.05, 3.63) is 35.9 Å². The second-order valence-electron chi connectivity index (χ2n) is 3.85. The predicted octanol–water partition coefficient (Wildman–Crippen LogP) is 4.90. The van der Waals surface area contributed by atoms with Crippen molar-refractivity contribution < 1.29 is 4.74 Å². The predicted molar refractivity (Wildman–Crippen MR) is 75.7 cm³/mol. The molecule has 0 bridgehead atoms. The van der Waals surface area contributed by atoms with Crippen LogP contribution >= 0.6 is 21.6 Å². The summed E-state index contributed by atoms with van der Waals surface area (Å²) in [6, 6.07) is 10.4. The number of hydrogen-bond acceptors (Lipinski definition) is 3. The van der Waals surface area contributed by atoms with Crippen molar-refractivity contribution >= 4 is 21.6 Å². The molecule has 1 unspecified atom stereocenters. The highest BCUT2D eigenvalue weighted by Crippen LogP contribution is 2.39. The Hall–Kier alpha value is -0.120. The maximum Gasteiger partial charge on any atom is 0.138 e. The summed E-state index contributed by atoms with van der Waals surface area (Å²) < 4.78 is 5.93. The Balaban J connectivity index is 2.56. The van der Waals surface area contributed by atoms with Gasteiger partial charge >= 0.3 is 0 Å². The largest absolute Gasteiger partial charge is 0.359 e. The van der Waals surface area contributed by atoms with Crippen LogP contribution in [0.5, 0.6) is 0 Å². The fraction of sp³-hybridized carbons (Fsp3) is 0.538. The standard InChI is InChI=1S/C13H20OS2/c1-4-10-15-16-13(14-11(2)3)12-8-6-5-7-9-12/h5-9,11,13H,4,10H2,1-3H3. The van der Waals surface area contributed by atoms with Crippen molar-refractivity contribution in [2.75, 3.05) is 5.75 Å². The first-order valence-electron chi connectivity index (χ1n) is 5.72. The first-order chi connectivity index (χ1) is 7.74. The molecule has 0 aromatic heterocycles. The molecular formula is C13H20OS2. The molecule has 1 rings (SSSR count). The smallest absolute Gasteiger partial charge is 0.138 e. The lowest BCUT2D eigenvalue weighted by molar-refractivity contribution is 0.0600. The zero-order valence-electron chi connectivity index (χ0n) is 10.2. The molecule has 0 amide bonds. The van der Waals surface area contributed by atoms with E-state index in [1.165, 1.54) is 17.7 Å². The molecule has 1 atom stereocenters. The minimum Gasteiger partial charge on any atom is -0.359 e. The van der Waals surface area contributed by atoms with Crippen LogP contribution in [-0.2, 0) is 4.74 Å². The Morgan fingerprint density at radius 1 is 1.19 bits per heavy atom. The normalized spacial score (nSPS) is 13.0. The van der Waals surface area contributed by atoms with Crippen LogP contribution in [0, 0.1) is 0 Å². The van der Waals surface area contributed by atoms with Crippen LogP contribution in [0.15, 0.2) is 30.3 Å². The first-order valence-corrected chi connectivity index (χ1v) is 8.11. The third-order valence-corrected chi connectivity index (χ3v) is 4.61. The highest BCUT2D eigenvalue weighted by atomic mass is 33.1. The van der Waals surface area contributed by atoms with Gasteiger partial charge in [-0.15, -0.1) is 0 Å². The van der Waals surface area contributed by atoms with E-state index in [1.54, 1.807) is 0 Å². The second-order valence-corrected chi connectivity index (χ2v) is 6.39. The van der Waals surface area contributed by atoms with Crippen LogP contribution in [0.25, 0.3) is 0 Å². The summed E-state index contributed by atoms with van der Waals surface area (Å²) in [4.78, 5) is 0. The average Bonchev–Trinajstić information content (AvgIpc) is 2.29. The van der Waals surface area contributed by atoms with E-state index >= 15 is 0 Å². The van der Waals surface area contributed by atoms with E-state index in [4.69, 9.17) is 4.74 Å².